The molecule has 0 aromatic carbocycles. The molecule has 0 aliphatic carbocycles. The van der Waals surface area contributed by atoms with Gasteiger partial charge in [0.15, 0.2) is 0 Å². The lowest BCUT2D eigenvalue weighted by Gasteiger charge is -2.36. The number of anilines is 1. The summed E-state index contributed by atoms with van der Waals surface area (Å²) >= 11 is 0. The number of nitrogens with zero attached hydrogens (tertiary/aromatic N) is 2. The lowest BCUT2D eigenvalue weighted by molar-refractivity contribution is -0.00200. The smallest absolute Gasteiger partial charge is 0.257 e. The van der Waals surface area contributed by atoms with E-state index >= 15 is 0 Å². The third kappa shape index (κ3) is 3.48. The molecule has 0 atom stereocenters. The average Bonchev–Trinajstić information content (AvgIpc) is 2.45. The van der Waals surface area contributed by atoms with Crippen molar-refractivity contribution in [3.8, 4) is 0 Å². The molecule has 1 amide bonds. The Morgan fingerprint density at radius 3 is 2.85 bits per heavy atom. The van der Waals surface area contributed by atoms with E-state index in [1.807, 2.05) is 6.92 Å². The Balaban J connectivity index is 2.09. The Labute approximate surface area is 120 Å². The summed E-state index contributed by atoms with van der Waals surface area (Å²) in [6, 6.07) is 3.59. The van der Waals surface area contributed by atoms with E-state index < -0.39 is 5.60 Å². The van der Waals surface area contributed by atoms with Gasteiger partial charge in [0, 0.05) is 25.8 Å². The maximum absolute atomic E-state index is 12.6. The number of amides is 1. The molecule has 2 heterocycles. The molecule has 5 nitrogen and oxygen atoms in total. The molecule has 0 unspecified atom stereocenters. The van der Waals surface area contributed by atoms with Crippen LogP contribution in [0.3, 0.4) is 0 Å². The number of hydrogen-bond acceptors (Lipinski definition) is 4. The fourth-order valence-corrected chi connectivity index (χ4v) is 2.32. The highest BCUT2D eigenvalue weighted by Gasteiger charge is 2.30. The van der Waals surface area contributed by atoms with Crippen molar-refractivity contribution in [2.75, 3.05) is 25.0 Å². The molecule has 2 N–H and O–H groups in total. The molecule has 1 aliphatic heterocycles. The molecule has 0 bridgehead atoms. The van der Waals surface area contributed by atoms with Crippen molar-refractivity contribution in [2.24, 2.45) is 0 Å². The minimum absolute atomic E-state index is 0.00722. The molecule has 5 heteroatoms. The minimum atomic E-state index is -0.644. The quantitative estimate of drug-likeness (QED) is 0.882. The SMILES string of the molecule is CCCNc1ncccc1C(=O)N1CCC(C)(O)CC1. The molecule has 20 heavy (non-hydrogen) atoms. The molecule has 1 fully saturated rings. The third-order valence-electron chi connectivity index (χ3n) is 3.71. The van der Waals surface area contributed by atoms with Gasteiger partial charge in [0.1, 0.15) is 5.82 Å². The van der Waals surface area contributed by atoms with Crippen LogP contribution in [0.2, 0.25) is 0 Å². The summed E-state index contributed by atoms with van der Waals surface area (Å²) in [6.45, 7) is 5.88. The number of carbonyl (C=O) groups excluding carboxylic acids is 1. The molecule has 1 saturated heterocycles. The molecular formula is C15H23N3O2. The number of nitrogens with one attached hydrogen (secondary N) is 1. The Kier molecular flexibility index (Phi) is 4.60. The number of likely N-dealkylation sites (tertiary alicyclic amines) is 1. The van der Waals surface area contributed by atoms with Crippen LogP contribution in [0.5, 0.6) is 0 Å². The molecule has 1 aromatic rings. The number of pyridine rings is 1. The first-order chi connectivity index (χ1) is 9.53. The zero-order chi connectivity index (χ0) is 14.6. The Bertz CT molecular complexity index is 464. The van der Waals surface area contributed by atoms with Crippen molar-refractivity contribution in [2.45, 2.75) is 38.7 Å². The van der Waals surface area contributed by atoms with E-state index in [1.165, 1.54) is 0 Å². The highest BCUT2D eigenvalue weighted by Crippen LogP contribution is 2.23. The number of rotatable bonds is 4. The number of carbonyl (C=O) groups is 1. The van der Waals surface area contributed by atoms with E-state index in [2.05, 4.69) is 17.2 Å². The molecule has 1 aromatic heterocycles. The van der Waals surface area contributed by atoms with Gasteiger partial charge in [-0.05, 0) is 38.3 Å². The average molecular weight is 277 g/mol. The molecular weight excluding hydrogens is 254 g/mol. The zero-order valence-electron chi connectivity index (χ0n) is 12.2. The van der Waals surface area contributed by atoms with Gasteiger partial charge in [-0.2, -0.15) is 0 Å². The highest BCUT2D eigenvalue weighted by molar-refractivity contribution is 5.98. The van der Waals surface area contributed by atoms with Crippen molar-refractivity contribution in [1.29, 1.82) is 0 Å². The second-order valence-electron chi connectivity index (χ2n) is 5.62. The monoisotopic (exact) mass is 277 g/mol. The van der Waals surface area contributed by atoms with Crippen LogP contribution < -0.4 is 5.32 Å². The molecule has 0 spiro atoms. The topological polar surface area (TPSA) is 65.5 Å². The maximum Gasteiger partial charge on any atom is 0.257 e. The van der Waals surface area contributed by atoms with E-state index in [0.29, 0.717) is 37.3 Å². The minimum Gasteiger partial charge on any atom is -0.390 e. The standard InChI is InChI=1S/C15H23N3O2/c1-3-8-16-13-12(5-4-9-17-13)14(19)18-10-6-15(2,20)7-11-18/h4-5,9,20H,3,6-8,10-11H2,1-2H3,(H,16,17). The fraction of sp³-hybridized carbons (Fsp3) is 0.600. The van der Waals surface area contributed by atoms with Crippen molar-refractivity contribution in [1.82, 2.24) is 9.88 Å². The zero-order valence-corrected chi connectivity index (χ0v) is 12.2. The molecule has 0 radical (unpaired) electrons. The van der Waals surface area contributed by atoms with E-state index in [-0.39, 0.29) is 5.91 Å². The summed E-state index contributed by atoms with van der Waals surface area (Å²) in [5.41, 5.74) is -0.0304. The molecule has 0 saturated carbocycles. The van der Waals surface area contributed by atoms with E-state index in [0.717, 1.165) is 13.0 Å². The summed E-state index contributed by atoms with van der Waals surface area (Å²) in [5, 5.41) is 13.1. The first-order valence-corrected chi connectivity index (χ1v) is 7.24. The summed E-state index contributed by atoms with van der Waals surface area (Å²) in [6.07, 6.45) is 3.92. The highest BCUT2D eigenvalue weighted by atomic mass is 16.3. The predicted octanol–water partition coefficient (Wildman–Crippen LogP) is 1.89. The van der Waals surface area contributed by atoms with Crippen molar-refractivity contribution in [3.05, 3.63) is 23.9 Å². The lowest BCUT2D eigenvalue weighted by atomic mass is 9.93. The number of aromatic nitrogens is 1. The summed E-state index contributed by atoms with van der Waals surface area (Å²) < 4.78 is 0. The van der Waals surface area contributed by atoms with Crippen LogP contribution in [0, 0.1) is 0 Å². The van der Waals surface area contributed by atoms with Crippen molar-refractivity contribution >= 4 is 11.7 Å². The lowest BCUT2D eigenvalue weighted by Crippen LogP contribution is -2.45. The van der Waals surface area contributed by atoms with Crippen LogP contribution in [0.1, 0.15) is 43.5 Å². The number of piperidine rings is 1. The van der Waals surface area contributed by atoms with Gasteiger partial charge in [-0.15, -0.1) is 0 Å². The molecule has 1 aliphatic rings. The van der Waals surface area contributed by atoms with Gasteiger partial charge in [-0.25, -0.2) is 4.98 Å². The number of aliphatic hydroxyl groups is 1. The van der Waals surface area contributed by atoms with Gasteiger partial charge >= 0.3 is 0 Å². The Morgan fingerprint density at radius 2 is 2.20 bits per heavy atom. The van der Waals surface area contributed by atoms with E-state index in [1.54, 1.807) is 23.2 Å². The van der Waals surface area contributed by atoms with Crippen LogP contribution in [0.25, 0.3) is 0 Å². The Morgan fingerprint density at radius 1 is 1.50 bits per heavy atom. The largest absolute Gasteiger partial charge is 0.390 e. The van der Waals surface area contributed by atoms with Gasteiger partial charge in [0.25, 0.3) is 5.91 Å². The number of hydrogen-bond donors (Lipinski definition) is 2. The third-order valence-corrected chi connectivity index (χ3v) is 3.71. The van der Waals surface area contributed by atoms with Crippen LogP contribution in [0.15, 0.2) is 18.3 Å². The second kappa shape index (κ2) is 6.22. The van der Waals surface area contributed by atoms with Gasteiger partial charge in [-0.3, -0.25) is 4.79 Å². The second-order valence-corrected chi connectivity index (χ2v) is 5.62. The van der Waals surface area contributed by atoms with Crippen LogP contribution >= 0.6 is 0 Å². The maximum atomic E-state index is 12.6. The summed E-state index contributed by atoms with van der Waals surface area (Å²) in [7, 11) is 0. The Hall–Kier alpha value is -1.62. The van der Waals surface area contributed by atoms with Crippen LogP contribution in [0.4, 0.5) is 5.82 Å². The van der Waals surface area contributed by atoms with Gasteiger partial charge in [0.05, 0.1) is 11.2 Å². The van der Waals surface area contributed by atoms with E-state index in [4.69, 9.17) is 0 Å². The van der Waals surface area contributed by atoms with E-state index in [9.17, 15) is 9.90 Å². The summed E-state index contributed by atoms with van der Waals surface area (Å²) in [4.78, 5) is 18.6. The predicted molar refractivity (Wildman–Crippen MR) is 78.8 cm³/mol. The summed E-state index contributed by atoms with van der Waals surface area (Å²) in [5.74, 6) is 0.642. The molecule has 2 rings (SSSR count). The van der Waals surface area contributed by atoms with Crippen molar-refractivity contribution in [3.63, 3.8) is 0 Å². The normalized spacial score (nSPS) is 17.9. The van der Waals surface area contributed by atoms with Crippen molar-refractivity contribution < 1.29 is 9.90 Å². The van der Waals surface area contributed by atoms with Gasteiger partial charge in [0.2, 0.25) is 0 Å². The van der Waals surface area contributed by atoms with Crippen LogP contribution in [-0.4, -0.2) is 46.1 Å². The van der Waals surface area contributed by atoms with Crippen LogP contribution in [-0.2, 0) is 0 Å². The fourth-order valence-electron chi connectivity index (χ4n) is 2.32. The van der Waals surface area contributed by atoms with Gasteiger partial charge in [-0.1, -0.05) is 6.92 Å². The first kappa shape index (κ1) is 14.8. The first-order valence-electron chi connectivity index (χ1n) is 7.24. The molecule has 110 valence electrons. The van der Waals surface area contributed by atoms with Gasteiger partial charge < -0.3 is 15.3 Å².